The summed E-state index contributed by atoms with van der Waals surface area (Å²) in [5.74, 6) is 0.201. The quantitative estimate of drug-likeness (QED) is 0.645. The number of Topliss-reactive ketones (excluding diaryl/α,β-unsaturated/α-hetero) is 1. The summed E-state index contributed by atoms with van der Waals surface area (Å²) in [5.41, 5.74) is 7.45. The van der Waals surface area contributed by atoms with Gasteiger partial charge >= 0.3 is 0 Å². The predicted molar refractivity (Wildman–Crippen MR) is 48.6 cm³/mol. The molecule has 3 heteroatoms. The molecule has 0 unspecified atom stereocenters. The molecule has 0 aromatic heterocycles. The van der Waals surface area contributed by atoms with Gasteiger partial charge < -0.3 is 11.1 Å². The van der Waals surface area contributed by atoms with Gasteiger partial charge in [0.1, 0.15) is 0 Å². The van der Waals surface area contributed by atoms with Crippen LogP contribution in [0.4, 0.5) is 0 Å². The van der Waals surface area contributed by atoms with Gasteiger partial charge in [-0.05, 0) is 26.2 Å². The zero-order chi connectivity index (χ0) is 8.97. The second kappa shape index (κ2) is 4.26. The van der Waals surface area contributed by atoms with Crippen LogP contribution in [-0.4, -0.2) is 18.9 Å². The van der Waals surface area contributed by atoms with Gasteiger partial charge in [0.2, 0.25) is 0 Å². The molecule has 1 aliphatic rings. The van der Waals surface area contributed by atoms with Crippen molar-refractivity contribution in [2.45, 2.75) is 26.2 Å². The largest absolute Gasteiger partial charge is 0.387 e. The Morgan fingerprint density at radius 3 is 2.92 bits per heavy atom. The minimum absolute atomic E-state index is 0.201. The molecule has 1 aliphatic carbocycles. The number of rotatable bonds is 4. The van der Waals surface area contributed by atoms with Crippen molar-refractivity contribution < 1.29 is 4.79 Å². The average molecular weight is 168 g/mol. The Labute approximate surface area is 73.0 Å². The van der Waals surface area contributed by atoms with Crippen LogP contribution in [-0.2, 0) is 4.79 Å². The van der Waals surface area contributed by atoms with Gasteiger partial charge in [-0.2, -0.15) is 0 Å². The van der Waals surface area contributed by atoms with Crippen molar-refractivity contribution in [1.82, 2.24) is 5.32 Å². The molecule has 0 aromatic rings. The Kier molecular flexibility index (Phi) is 3.29. The van der Waals surface area contributed by atoms with Gasteiger partial charge in [0.15, 0.2) is 5.78 Å². The number of carbonyl (C=O) groups excluding carboxylic acids is 1. The molecule has 0 saturated carbocycles. The van der Waals surface area contributed by atoms with Crippen molar-refractivity contribution in [2.75, 3.05) is 13.1 Å². The third kappa shape index (κ3) is 2.08. The molecule has 0 saturated heterocycles. The fourth-order valence-electron chi connectivity index (χ4n) is 1.55. The first-order valence-electron chi connectivity index (χ1n) is 4.42. The fraction of sp³-hybridized carbons (Fsp3) is 0.667. The topological polar surface area (TPSA) is 55.1 Å². The summed E-state index contributed by atoms with van der Waals surface area (Å²) in [4.78, 5) is 11.1. The maximum Gasteiger partial charge on any atom is 0.157 e. The first kappa shape index (κ1) is 9.26. The van der Waals surface area contributed by atoms with E-state index in [0.717, 1.165) is 37.1 Å². The average Bonchev–Trinajstić information content (AvgIpc) is 2.48. The SMILES string of the molecule is CC(=O)C1=C(NCCN)CCC1. The van der Waals surface area contributed by atoms with Crippen LogP contribution in [0.15, 0.2) is 11.3 Å². The predicted octanol–water partition coefficient (Wildman–Crippen LogP) is 0.562. The summed E-state index contributed by atoms with van der Waals surface area (Å²) < 4.78 is 0. The fourth-order valence-corrected chi connectivity index (χ4v) is 1.55. The Morgan fingerprint density at radius 1 is 1.58 bits per heavy atom. The summed E-state index contributed by atoms with van der Waals surface area (Å²) in [7, 11) is 0. The maximum absolute atomic E-state index is 11.1. The Morgan fingerprint density at radius 2 is 2.33 bits per heavy atom. The number of ketones is 1. The highest BCUT2D eigenvalue weighted by molar-refractivity contribution is 5.94. The molecule has 3 nitrogen and oxygen atoms in total. The van der Waals surface area contributed by atoms with Gasteiger partial charge in [-0.1, -0.05) is 0 Å². The van der Waals surface area contributed by atoms with E-state index in [-0.39, 0.29) is 5.78 Å². The molecule has 0 heterocycles. The van der Waals surface area contributed by atoms with E-state index in [1.165, 1.54) is 0 Å². The van der Waals surface area contributed by atoms with Crippen molar-refractivity contribution in [3.63, 3.8) is 0 Å². The molecular formula is C9H16N2O. The zero-order valence-corrected chi connectivity index (χ0v) is 7.52. The van der Waals surface area contributed by atoms with Crippen LogP contribution in [0, 0.1) is 0 Å². The van der Waals surface area contributed by atoms with E-state index in [2.05, 4.69) is 5.32 Å². The zero-order valence-electron chi connectivity index (χ0n) is 7.52. The summed E-state index contributed by atoms with van der Waals surface area (Å²) in [6.07, 6.45) is 3.04. The van der Waals surface area contributed by atoms with Crippen molar-refractivity contribution in [1.29, 1.82) is 0 Å². The summed E-state index contributed by atoms with van der Waals surface area (Å²) in [6, 6.07) is 0. The second-order valence-corrected chi connectivity index (χ2v) is 3.08. The second-order valence-electron chi connectivity index (χ2n) is 3.08. The van der Waals surface area contributed by atoms with Gasteiger partial charge in [-0.15, -0.1) is 0 Å². The Hall–Kier alpha value is -0.830. The number of nitrogens with one attached hydrogen (secondary N) is 1. The highest BCUT2D eigenvalue weighted by atomic mass is 16.1. The molecule has 1 rings (SSSR count). The molecule has 0 aromatic carbocycles. The first-order chi connectivity index (χ1) is 5.75. The van der Waals surface area contributed by atoms with Gasteiger partial charge in [0.25, 0.3) is 0 Å². The Bertz CT molecular complexity index is 209. The lowest BCUT2D eigenvalue weighted by atomic mass is 10.1. The van der Waals surface area contributed by atoms with E-state index >= 15 is 0 Å². The number of nitrogens with two attached hydrogens (primary N) is 1. The van der Waals surface area contributed by atoms with E-state index in [1.807, 2.05) is 0 Å². The highest BCUT2D eigenvalue weighted by Crippen LogP contribution is 2.24. The van der Waals surface area contributed by atoms with E-state index in [4.69, 9.17) is 5.73 Å². The van der Waals surface area contributed by atoms with Crippen LogP contribution in [0.2, 0.25) is 0 Å². The minimum Gasteiger partial charge on any atom is -0.387 e. The minimum atomic E-state index is 0.201. The van der Waals surface area contributed by atoms with Crippen molar-refractivity contribution in [2.24, 2.45) is 5.73 Å². The lowest BCUT2D eigenvalue weighted by molar-refractivity contribution is -0.113. The van der Waals surface area contributed by atoms with E-state index in [9.17, 15) is 4.79 Å². The standard InChI is InChI=1S/C9H16N2O/c1-7(12)8-3-2-4-9(8)11-6-5-10/h11H,2-6,10H2,1H3. The molecular weight excluding hydrogens is 152 g/mol. The lowest BCUT2D eigenvalue weighted by Gasteiger charge is -2.06. The van der Waals surface area contributed by atoms with Crippen molar-refractivity contribution in [3.05, 3.63) is 11.3 Å². The van der Waals surface area contributed by atoms with Crippen LogP contribution in [0.25, 0.3) is 0 Å². The van der Waals surface area contributed by atoms with Crippen LogP contribution in [0.1, 0.15) is 26.2 Å². The van der Waals surface area contributed by atoms with E-state index in [1.54, 1.807) is 6.92 Å². The van der Waals surface area contributed by atoms with Gasteiger partial charge in [-0.25, -0.2) is 0 Å². The molecule has 68 valence electrons. The van der Waals surface area contributed by atoms with Gasteiger partial charge in [0.05, 0.1) is 0 Å². The molecule has 12 heavy (non-hydrogen) atoms. The number of hydrogen-bond acceptors (Lipinski definition) is 3. The molecule has 0 spiro atoms. The summed E-state index contributed by atoms with van der Waals surface area (Å²) in [5, 5.41) is 3.20. The summed E-state index contributed by atoms with van der Waals surface area (Å²) in [6.45, 7) is 3.02. The van der Waals surface area contributed by atoms with Crippen LogP contribution >= 0.6 is 0 Å². The van der Waals surface area contributed by atoms with E-state index < -0.39 is 0 Å². The molecule has 0 amide bonds. The first-order valence-corrected chi connectivity index (χ1v) is 4.42. The van der Waals surface area contributed by atoms with Crippen LogP contribution < -0.4 is 11.1 Å². The highest BCUT2D eigenvalue weighted by Gasteiger charge is 2.16. The van der Waals surface area contributed by atoms with Gasteiger partial charge in [0, 0.05) is 24.4 Å². The van der Waals surface area contributed by atoms with Crippen LogP contribution in [0.3, 0.4) is 0 Å². The smallest absolute Gasteiger partial charge is 0.157 e. The van der Waals surface area contributed by atoms with Crippen molar-refractivity contribution in [3.8, 4) is 0 Å². The van der Waals surface area contributed by atoms with Crippen LogP contribution in [0.5, 0.6) is 0 Å². The molecule has 0 fully saturated rings. The Balaban J connectivity index is 2.57. The normalized spacial score (nSPS) is 16.8. The lowest BCUT2D eigenvalue weighted by Crippen LogP contribution is -2.22. The monoisotopic (exact) mass is 168 g/mol. The number of allylic oxidation sites excluding steroid dienone is 2. The molecule has 0 radical (unpaired) electrons. The van der Waals surface area contributed by atoms with Gasteiger partial charge in [-0.3, -0.25) is 4.79 Å². The molecule has 0 bridgehead atoms. The third-order valence-electron chi connectivity index (χ3n) is 2.13. The van der Waals surface area contributed by atoms with Crippen molar-refractivity contribution >= 4 is 5.78 Å². The molecule has 0 aliphatic heterocycles. The number of hydrogen-bond donors (Lipinski definition) is 2. The molecule has 0 atom stereocenters. The summed E-state index contributed by atoms with van der Waals surface area (Å²) >= 11 is 0. The van der Waals surface area contributed by atoms with E-state index in [0.29, 0.717) is 6.54 Å². The maximum atomic E-state index is 11.1. The molecule has 3 N–H and O–H groups in total. The third-order valence-corrected chi connectivity index (χ3v) is 2.13. The number of carbonyl (C=O) groups is 1.